The summed E-state index contributed by atoms with van der Waals surface area (Å²) in [6, 6.07) is 3.35. The van der Waals surface area contributed by atoms with Gasteiger partial charge in [-0.3, -0.25) is 0 Å². The van der Waals surface area contributed by atoms with Crippen LogP contribution in [0.4, 0.5) is 13.2 Å². The lowest BCUT2D eigenvalue weighted by Gasteiger charge is -2.37. The van der Waals surface area contributed by atoms with Crippen LogP contribution in [0.5, 0.6) is 5.75 Å². The van der Waals surface area contributed by atoms with Gasteiger partial charge in [0.25, 0.3) is 0 Å². The molecule has 126 valence electrons. The van der Waals surface area contributed by atoms with E-state index in [1.165, 1.54) is 0 Å². The third kappa shape index (κ3) is 3.44. The number of halogens is 4. The number of terminal acetylenes is 1. The smallest absolute Gasteiger partial charge is 0.418 e. The number of rotatable bonds is 4. The highest BCUT2D eigenvalue weighted by atomic mass is 35.5. The molecule has 0 radical (unpaired) electrons. The molecular weight excluding hydrogens is 329 g/mol. The highest BCUT2D eigenvalue weighted by molar-refractivity contribution is 6.30. The number of hydrogen-bond acceptors (Lipinski definition) is 2. The van der Waals surface area contributed by atoms with Gasteiger partial charge in [0.05, 0.1) is 6.61 Å². The van der Waals surface area contributed by atoms with Crippen molar-refractivity contribution in [2.75, 3.05) is 6.61 Å². The second-order valence-electron chi connectivity index (χ2n) is 6.51. The second kappa shape index (κ2) is 5.92. The lowest BCUT2D eigenvalue weighted by molar-refractivity contribution is -0.264. The predicted octanol–water partition coefficient (Wildman–Crippen LogP) is 4.26. The number of ether oxygens (including phenoxy) is 1. The van der Waals surface area contributed by atoms with Crippen molar-refractivity contribution in [3.05, 3.63) is 28.3 Å². The van der Waals surface area contributed by atoms with E-state index in [9.17, 15) is 18.3 Å². The maximum absolute atomic E-state index is 13.3. The van der Waals surface area contributed by atoms with Crippen molar-refractivity contribution in [2.24, 2.45) is 0 Å². The Hall–Kier alpha value is -1.38. The Bertz CT molecular complexity index is 646. The summed E-state index contributed by atoms with van der Waals surface area (Å²) in [5, 5.41) is 10.6. The molecule has 0 spiro atoms. The summed E-state index contributed by atoms with van der Waals surface area (Å²) in [6.07, 6.45) is -0.515. The molecule has 0 bridgehead atoms. The molecular formula is C17H18ClF3O2. The number of benzene rings is 1. The van der Waals surface area contributed by atoms with Gasteiger partial charge < -0.3 is 9.84 Å². The number of aliphatic hydroxyl groups is 1. The Morgan fingerprint density at radius 3 is 2.57 bits per heavy atom. The van der Waals surface area contributed by atoms with E-state index in [4.69, 9.17) is 22.8 Å². The molecule has 0 amide bonds. The van der Waals surface area contributed by atoms with Gasteiger partial charge in [0, 0.05) is 23.4 Å². The van der Waals surface area contributed by atoms with Crippen molar-refractivity contribution in [3.63, 3.8) is 0 Å². The maximum Gasteiger partial charge on any atom is 0.418 e. The molecule has 1 aliphatic heterocycles. The molecule has 1 heterocycles. The summed E-state index contributed by atoms with van der Waals surface area (Å²) in [7, 11) is 0. The maximum atomic E-state index is 13.3. The molecule has 0 saturated carbocycles. The quantitative estimate of drug-likeness (QED) is 0.825. The Kier molecular flexibility index (Phi) is 4.62. The Labute approximate surface area is 138 Å². The van der Waals surface area contributed by atoms with Gasteiger partial charge >= 0.3 is 6.18 Å². The normalized spacial score (nSPS) is 17.1. The van der Waals surface area contributed by atoms with Gasteiger partial charge in [-0.15, -0.1) is 12.3 Å². The summed E-state index contributed by atoms with van der Waals surface area (Å²) in [5.41, 5.74) is -2.57. The van der Waals surface area contributed by atoms with Gasteiger partial charge in [-0.1, -0.05) is 25.4 Å². The van der Waals surface area contributed by atoms with Crippen LogP contribution in [-0.4, -0.2) is 23.5 Å². The molecule has 1 aliphatic rings. The van der Waals surface area contributed by atoms with Gasteiger partial charge in [0.15, 0.2) is 5.60 Å². The van der Waals surface area contributed by atoms with E-state index in [0.29, 0.717) is 29.4 Å². The van der Waals surface area contributed by atoms with Crippen molar-refractivity contribution in [3.8, 4) is 18.1 Å². The van der Waals surface area contributed by atoms with E-state index in [1.54, 1.807) is 26.0 Å². The fraction of sp³-hybridized carbons (Fsp3) is 0.529. The number of hydrogen-bond donors (Lipinski definition) is 1. The van der Waals surface area contributed by atoms with E-state index < -0.39 is 30.0 Å². The monoisotopic (exact) mass is 346 g/mol. The fourth-order valence-electron chi connectivity index (χ4n) is 3.03. The van der Waals surface area contributed by atoms with Crippen LogP contribution in [0.3, 0.4) is 0 Å². The van der Waals surface area contributed by atoms with E-state index in [0.717, 1.165) is 5.56 Å². The molecule has 0 saturated heterocycles. The molecule has 0 aromatic heterocycles. The molecule has 2 nitrogen and oxygen atoms in total. The molecule has 23 heavy (non-hydrogen) atoms. The van der Waals surface area contributed by atoms with Crippen LogP contribution in [-0.2, 0) is 11.8 Å². The first-order chi connectivity index (χ1) is 10.5. The second-order valence-corrected chi connectivity index (χ2v) is 6.95. The SMILES string of the molecule is C#CC[C@](O)(CC(C)(C)c1cc(Cl)cc2c1OCC2)C(F)(F)F. The highest BCUT2D eigenvalue weighted by Gasteiger charge is 2.55. The van der Waals surface area contributed by atoms with Crippen molar-refractivity contribution < 1.29 is 23.0 Å². The lowest BCUT2D eigenvalue weighted by atomic mass is 9.73. The molecule has 1 atom stereocenters. The first-order valence-electron chi connectivity index (χ1n) is 7.18. The van der Waals surface area contributed by atoms with Crippen LogP contribution < -0.4 is 4.74 Å². The zero-order chi connectivity index (χ0) is 17.5. The molecule has 0 aliphatic carbocycles. The first-order valence-corrected chi connectivity index (χ1v) is 7.56. The van der Waals surface area contributed by atoms with Crippen molar-refractivity contribution in [2.45, 2.75) is 50.3 Å². The predicted molar refractivity (Wildman–Crippen MR) is 82.7 cm³/mol. The Morgan fingerprint density at radius 1 is 1.35 bits per heavy atom. The average Bonchev–Trinajstić information content (AvgIpc) is 2.83. The summed E-state index contributed by atoms with van der Waals surface area (Å²) in [5.74, 6) is 2.49. The first kappa shape index (κ1) is 18.0. The standard InChI is InChI=1S/C17H18ClF3O2/c1-4-6-16(22,17(19,20)21)10-15(2,3)13-9-12(18)8-11-5-7-23-14(11)13/h1,8-9,22H,5-7,10H2,2-3H3/t16-/m0/s1. The van der Waals surface area contributed by atoms with Crippen LogP contribution in [0.1, 0.15) is 37.8 Å². The third-order valence-corrected chi connectivity index (χ3v) is 4.35. The van der Waals surface area contributed by atoms with Crippen LogP contribution in [0.2, 0.25) is 5.02 Å². The van der Waals surface area contributed by atoms with Crippen LogP contribution in [0.25, 0.3) is 0 Å². The van der Waals surface area contributed by atoms with Gasteiger partial charge in [-0.25, -0.2) is 0 Å². The molecule has 1 aromatic carbocycles. The summed E-state index contributed by atoms with van der Waals surface area (Å²) < 4.78 is 45.4. The highest BCUT2D eigenvalue weighted by Crippen LogP contribution is 2.47. The molecule has 0 unspecified atom stereocenters. The molecule has 1 N–H and O–H groups in total. The molecule has 6 heteroatoms. The zero-order valence-electron chi connectivity index (χ0n) is 12.9. The molecule has 2 rings (SSSR count). The Balaban J connectivity index is 2.45. The summed E-state index contributed by atoms with van der Waals surface area (Å²) in [4.78, 5) is 0. The van der Waals surface area contributed by atoms with E-state index in [1.807, 2.05) is 5.92 Å². The van der Waals surface area contributed by atoms with Gasteiger partial charge in [0.1, 0.15) is 5.75 Å². The fourth-order valence-corrected chi connectivity index (χ4v) is 3.27. The molecule has 1 aromatic rings. The largest absolute Gasteiger partial charge is 0.493 e. The summed E-state index contributed by atoms with van der Waals surface area (Å²) >= 11 is 6.08. The van der Waals surface area contributed by atoms with Crippen molar-refractivity contribution in [1.29, 1.82) is 0 Å². The van der Waals surface area contributed by atoms with Crippen LogP contribution in [0, 0.1) is 12.3 Å². The van der Waals surface area contributed by atoms with E-state index >= 15 is 0 Å². The lowest BCUT2D eigenvalue weighted by Crippen LogP contribution is -2.48. The van der Waals surface area contributed by atoms with E-state index in [2.05, 4.69) is 0 Å². The van der Waals surface area contributed by atoms with Gasteiger partial charge in [0.2, 0.25) is 0 Å². The van der Waals surface area contributed by atoms with Crippen molar-refractivity contribution >= 4 is 11.6 Å². The third-order valence-electron chi connectivity index (χ3n) is 4.13. The van der Waals surface area contributed by atoms with Crippen LogP contribution >= 0.6 is 11.6 Å². The molecule has 0 fully saturated rings. The topological polar surface area (TPSA) is 29.5 Å². The minimum Gasteiger partial charge on any atom is -0.493 e. The number of alkyl halides is 3. The average molecular weight is 347 g/mol. The van der Waals surface area contributed by atoms with Crippen LogP contribution in [0.15, 0.2) is 12.1 Å². The Morgan fingerprint density at radius 2 is 2.00 bits per heavy atom. The van der Waals surface area contributed by atoms with Gasteiger partial charge in [-0.2, -0.15) is 13.2 Å². The minimum absolute atomic E-state index is 0.435. The van der Waals surface area contributed by atoms with Crippen molar-refractivity contribution in [1.82, 2.24) is 0 Å². The summed E-state index contributed by atoms with van der Waals surface area (Å²) in [6.45, 7) is 3.70. The zero-order valence-corrected chi connectivity index (χ0v) is 13.7. The van der Waals surface area contributed by atoms with Gasteiger partial charge in [-0.05, 0) is 29.5 Å². The van der Waals surface area contributed by atoms with E-state index in [-0.39, 0.29) is 0 Å². The number of fused-ring (bicyclic) bond motifs is 1. The minimum atomic E-state index is -4.82.